The van der Waals surface area contributed by atoms with E-state index in [0.717, 1.165) is 30.3 Å². The summed E-state index contributed by atoms with van der Waals surface area (Å²) in [5, 5.41) is 6.85. The third-order valence-electron chi connectivity index (χ3n) is 7.77. The van der Waals surface area contributed by atoms with E-state index >= 15 is 0 Å². The predicted octanol–water partition coefficient (Wildman–Crippen LogP) is 3.94. The topological polar surface area (TPSA) is 105 Å². The van der Waals surface area contributed by atoms with Gasteiger partial charge in [-0.15, -0.1) is 0 Å². The number of carbonyl (C=O) groups is 1. The van der Waals surface area contributed by atoms with Crippen LogP contribution in [0.1, 0.15) is 17.5 Å². The molecule has 4 N–H and O–H groups in total. The van der Waals surface area contributed by atoms with Gasteiger partial charge in [0.1, 0.15) is 5.02 Å². The van der Waals surface area contributed by atoms with E-state index in [4.69, 9.17) is 17.3 Å². The van der Waals surface area contributed by atoms with Gasteiger partial charge in [-0.3, -0.25) is 9.69 Å². The highest BCUT2D eigenvalue weighted by Crippen LogP contribution is 2.45. The van der Waals surface area contributed by atoms with Gasteiger partial charge in [0.05, 0.1) is 12.1 Å². The van der Waals surface area contributed by atoms with Crippen LogP contribution in [0.3, 0.4) is 0 Å². The van der Waals surface area contributed by atoms with Gasteiger partial charge >= 0.3 is 6.18 Å². The van der Waals surface area contributed by atoms with Crippen LogP contribution in [0.25, 0.3) is 0 Å². The molecule has 1 fully saturated rings. The first-order valence-electron chi connectivity index (χ1n) is 12.6. The van der Waals surface area contributed by atoms with E-state index in [1.54, 1.807) is 4.90 Å². The molecule has 1 aliphatic heterocycles. The third-order valence-corrected chi connectivity index (χ3v) is 8.04. The van der Waals surface area contributed by atoms with Crippen molar-refractivity contribution in [2.45, 2.75) is 37.6 Å². The lowest BCUT2D eigenvalue weighted by atomic mass is 9.88. The Labute approximate surface area is 223 Å². The van der Waals surface area contributed by atoms with Gasteiger partial charge in [-0.1, -0.05) is 29.8 Å². The summed E-state index contributed by atoms with van der Waals surface area (Å²) >= 11 is 6.37. The van der Waals surface area contributed by atoms with E-state index in [2.05, 4.69) is 37.5 Å². The number of methoxy groups -OCH3 is 1. The molecule has 2 aromatic rings. The van der Waals surface area contributed by atoms with Crippen molar-refractivity contribution in [2.24, 2.45) is 23.5 Å². The van der Waals surface area contributed by atoms with E-state index in [1.807, 2.05) is 18.2 Å². The van der Waals surface area contributed by atoms with E-state index in [1.165, 1.54) is 6.20 Å². The smallest absolute Gasteiger partial charge is 0.371 e. The molecule has 12 heteroatoms. The maximum atomic E-state index is 13.2. The van der Waals surface area contributed by atoms with Crippen LogP contribution in [0.4, 0.5) is 30.6 Å². The Kier molecular flexibility index (Phi) is 7.52. The zero-order valence-electron chi connectivity index (χ0n) is 20.8. The van der Waals surface area contributed by atoms with Crippen molar-refractivity contribution in [3.8, 4) is 0 Å². The zero-order valence-corrected chi connectivity index (χ0v) is 21.6. The first-order chi connectivity index (χ1) is 18.1. The standard InChI is InChI=1S/C26H30ClF3N6O2/c1-38-20(26(28,29)30)13-36-8-6-14-4-5-18(11-15(14)7-9-36)33-25-32-12-19(27)24(35-25)34-22-17-3-2-16(10-17)21(22)23(31)37/h2-5,11-12,16-17,20-22H,6-10,13H2,1H3,(H2,31,37)(H2,32,33,34,35). The number of fused-ring (bicyclic) bond motifs is 3. The fraction of sp³-hybridized carbons (Fsp3) is 0.500. The minimum Gasteiger partial charge on any atom is -0.371 e. The Morgan fingerprint density at radius 1 is 1.24 bits per heavy atom. The quantitative estimate of drug-likeness (QED) is 0.428. The van der Waals surface area contributed by atoms with Crippen molar-refractivity contribution in [1.82, 2.24) is 14.9 Å². The molecule has 0 saturated heterocycles. The molecular formula is C26H30ClF3N6O2. The fourth-order valence-corrected chi connectivity index (χ4v) is 5.95. The number of primary amides is 1. The first-order valence-corrected chi connectivity index (χ1v) is 13.0. The van der Waals surface area contributed by atoms with Gasteiger partial charge in [-0.25, -0.2) is 4.98 Å². The SMILES string of the molecule is COC(CN1CCc2ccc(Nc3ncc(Cl)c(NC4C5C=CC(C5)C4C(N)=O)n3)cc2CC1)C(F)(F)F. The van der Waals surface area contributed by atoms with E-state index < -0.39 is 12.3 Å². The van der Waals surface area contributed by atoms with Crippen LogP contribution in [-0.2, 0) is 22.4 Å². The number of alkyl halides is 3. The number of carbonyl (C=O) groups excluding carboxylic acids is 1. The molecule has 3 aliphatic rings. The highest BCUT2D eigenvalue weighted by atomic mass is 35.5. The minimum absolute atomic E-state index is 0.123. The predicted molar refractivity (Wildman–Crippen MR) is 138 cm³/mol. The number of nitrogens with one attached hydrogen (secondary N) is 2. The number of anilines is 3. The summed E-state index contributed by atoms with van der Waals surface area (Å²) in [6.07, 6.45) is 1.57. The van der Waals surface area contributed by atoms with Crippen LogP contribution in [0.2, 0.25) is 5.02 Å². The maximum absolute atomic E-state index is 13.2. The van der Waals surface area contributed by atoms with Crippen molar-refractivity contribution in [3.63, 3.8) is 0 Å². The summed E-state index contributed by atoms with van der Waals surface area (Å²) in [6.45, 7) is 0.828. The molecular weight excluding hydrogens is 521 g/mol. The van der Waals surface area contributed by atoms with E-state index in [9.17, 15) is 18.0 Å². The number of allylic oxidation sites excluding steroid dienone is 1. The number of hydrogen-bond acceptors (Lipinski definition) is 7. The Morgan fingerprint density at radius 2 is 1.97 bits per heavy atom. The number of nitrogens with zero attached hydrogens (tertiary/aromatic N) is 3. The molecule has 5 rings (SSSR count). The average molecular weight is 551 g/mol. The van der Waals surface area contributed by atoms with Gasteiger partial charge < -0.3 is 21.1 Å². The van der Waals surface area contributed by atoms with Crippen LogP contribution in [0.15, 0.2) is 36.5 Å². The zero-order chi connectivity index (χ0) is 27.0. The van der Waals surface area contributed by atoms with Crippen molar-refractivity contribution in [2.75, 3.05) is 37.4 Å². The van der Waals surface area contributed by atoms with Gasteiger partial charge in [0, 0.05) is 38.5 Å². The lowest BCUT2D eigenvalue weighted by molar-refractivity contribution is -0.216. The highest BCUT2D eigenvalue weighted by molar-refractivity contribution is 6.32. The average Bonchev–Trinajstić information content (AvgIpc) is 3.41. The molecule has 2 heterocycles. The molecule has 0 radical (unpaired) electrons. The number of hydrogen-bond donors (Lipinski definition) is 3. The minimum atomic E-state index is -4.40. The molecule has 1 aromatic heterocycles. The van der Waals surface area contributed by atoms with Crippen molar-refractivity contribution >= 4 is 35.0 Å². The Balaban J connectivity index is 1.26. The van der Waals surface area contributed by atoms with E-state index in [0.29, 0.717) is 42.7 Å². The second kappa shape index (κ2) is 10.7. The largest absolute Gasteiger partial charge is 0.415 e. The molecule has 5 unspecified atom stereocenters. The fourth-order valence-electron chi connectivity index (χ4n) is 5.80. The Morgan fingerprint density at radius 3 is 2.68 bits per heavy atom. The van der Waals surface area contributed by atoms with Gasteiger partial charge in [0.15, 0.2) is 11.9 Å². The van der Waals surface area contributed by atoms with Crippen molar-refractivity contribution < 1.29 is 22.7 Å². The third kappa shape index (κ3) is 5.60. The summed E-state index contributed by atoms with van der Waals surface area (Å²) < 4.78 is 44.1. The molecule has 204 valence electrons. The molecule has 8 nitrogen and oxygen atoms in total. The Hall–Kier alpha value is -2.89. The highest BCUT2D eigenvalue weighted by Gasteiger charge is 2.47. The van der Waals surface area contributed by atoms with Crippen LogP contribution in [-0.4, -0.2) is 65.8 Å². The second-order valence-electron chi connectivity index (χ2n) is 10.1. The lowest BCUT2D eigenvalue weighted by Gasteiger charge is -2.27. The number of rotatable bonds is 8. The summed E-state index contributed by atoms with van der Waals surface area (Å²) in [4.78, 5) is 22.7. The molecule has 1 aromatic carbocycles. The molecule has 5 atom stereocenters. The molecule has 1 saturated carbocycles. The number of benzene rings is 1. The summed E-state index contributed by atoms with van der Waals surface area (Å²) in [5.41, 5.74) is 8.59. The maximum Gasteiger partial charge on any atom is 0.415 e. The van der Waals surface area contributed by atoms with Crippen LogP contribution in [0.5, 0.6) is 0 Å². The number of halogens is 4. The van der Waals surface area contributed by atoms with Gasteiger partial charge in [-0.05, 0) is 54.4 Å². The van der Waals surface area contributed by atoms with Crippen molar-refractivity contribution in [1.29, 1.82) is 0 Å². The van der Waals surface area contributed by atoms with Gasteiger partial charge in [0.2, 0.25) is 11.9 Å². The molecule has 1 amide bonds. The van der Waals surface area contributed by atoms with Crippen molar-refractivity contribution in [3.05, 3.63) is 52.7 Å². The summed E-state index contributed by atoms with van der Waals surface area (Å²) in [6, 6.07) is 5.67. The summed E-state index contributed by atoms with van der Waals surface area (Å²) in [5.74, 6) is 0.380. The van der Waals surface area contributed by atoms with Gasteiger partial charge in [-0.2, -0.15) is 18.2 Å². The molecule has 2 aliphatic carbocycles. The Bertz CT molecular complexity index is 1230. The number of nitrogens with two attached hydrogens (primary N) is 1. The molecule has 38 heavy (non-hydrogen) atoms. The normalized spacial score (nSPS) is 25.6. The summed E-state index contributed by atoms with van der Waals surface area (Å²) in [7, 11) is 1.09. The van der Waals surface area contributed by atoms with E-state index in [-0.39, 0.29) is 36.2 Å². The monoisotopic (exact) mass is 550 g/mol. The molecule has 0 spiro atoms. The first kappa shape index (κ1) is 26.7. The lowest BCUT2D eigenvalue weighted by Crippen LogP contribution is -2.43. The van der Waals surface area contributed by atoms with Crippen LogP contribution in [0, 0.1) is 17.8 Å². The number of ether oxygens (including phenoxy) is 1. The number of aromatic nitrogens is 2. The van der Waals surface area contributed by atoms with Crippen LogP contribution >= 0.6 is 11.6 Å². The van der Waals surface area contributed by atoms with Crippen LogP contribution < -0.4 is 16.4 Å². The number of amides is 1. The molecule has 2 bridgehead atoms. The second-order valence-corrected chi connectivity index (χ2v) is 10.5. The van der Waals surface area contributed by atoms with Gasteiger partial charge in [0.25, 0.3) is 0 Å².